The van der Waals surface area contributed by atoms with Crippen molar-refractivity contribution in [2.24, 2.45) is 0 Å². The third-order valence-corrected chi connectivity index (χ3v) is 5.30. The zero-order valence-corrected chi connectivity index (χ0v) is 13.4. The highest BCUT2D eigenvalue weighted by Gasteiger charge is 2.32. The lowest BCUT2D eigenvalue weighted by Gasteiger charge is -2.24. The van der Waals surface area contributed by atoms with E-state index in [1.54, 1.807) is 0 Å². The normalized spacial score (nSPS) is 16.6. The monoisotopic (exact) mass is 341 g/mol. The van der Waals surface area contributed by atoms with Gasteiger partial charge in [-0.1, -0.05) is 30.3 Å². The fourth-order valence-corrected chi connectivity index (χ4v) is 4.24. The standard InChI is InChI=1S/C19H13F2NOS/c20-12-6-7-16(21)13(8-12)14-9-17(23)22-18-15(10-24-19(14)18)11-4-2-1-3-5-11/h1-8,10,14H,9H2,(H,22,23)/t14-/m0/s1. The van der Waals surface area contributed by atoms with Gasteiger partial charge in [-0.3, -0.25) is 4.79 Å². The average molecular weight is 341 g/mol. The van der Waals surface area contributed by atoms with Crippen LogP contribution in [-0.4, -0.2) is 5.91 Å². The maximum absolute atomic E-state index is 14.2. The molecular formula is C19H13F2NOS. The van der Waals surface area contributed by atoms with Crippen LogP contribution in [0.15, 0.2) is 53.9 Å². The first-order valence-corrected chi connectivity index (χ1v) is 8.43. The Morgan fingerprint density at radius 2 is 1.88 bits per heavy atom. The Balaban J connectivity index is 1.86. The Bertz CT molecular complexity index is 920. The van der Waals surface area contributed by atoms with E-state index in [-0.39, 0.29) is 17.9 Å². The number of amides is 1. The van der Waals surface area contributed by atoms with Gasteiger partial charge in [-0.2, -0.15) is 0 Å². The molecule has 1 aromatic heterocycles. The van der Waals surface area contributed by atoms with E-state index in [0.717, 1.165) is 28.1 Å². The predicted molar refractivity (Wildman–Crippen MR) is 91.2 cm³/mol. The molecule has 3 aromatic rings. The highest BCUT2D eigenvalue weighted by molar-refractivity contribution is 7.11. The van der Waals surface area contributed by atoms with Crippen LogP contribution in [0.3, 0.4) is 0 Å². The van der Waals surface area contributed by atoms with E-state index in [2.05, 4.69) is 5.32 Å². The summed E-state index contributed by atoms with van der Waals surface area (Å²) in [4.78, 5) is 13.0. The molecule has 2 nitrogen and oxygen atoms in total. The number of nitrogens with one attached hydrogen (secondary N) is 1. The number of hydrogen-bond acceptors (Lipinski definition) is 2. The van der Waals surface area contributed by atoms with E-state index in [1.165, 1.54) is 17.4 Å². The molecule has 5 heteroatoms. The van der Waals surface area contributed by atoms with Crippen molar-refractivity contribution in [3.63, 3.8) is 0 Å². The van der Waals surface area contributed by atoms with E-state index < -0.39 is 17.6 Å². The lowest BCUT2D eigenvalue weighted by molar-refractivity contribution is -0.116. The highest BCUT2D eigenvalue weighted by atomic mass is 32.1. The molecule has 0 radical (unpaired) electrons. The SMILES string of the molecule is O=C1C[C@@H](c2cc(F)ccc2F)c2scc(-c3ccccc3)c2N1. The van der Waals surface area contributed by atoms with Crippen molar-refractivity contribution in [1.82, 2.24) is 0 Å². The summed E-state index contributed by atoms with van der Waals surface area (Å²) in [5, 5.41) is 4.85. The lowest BCUT2D eigenvalue weighted by atomic mass is 9.88. The van der Waals surface area contributed by atoms with Crippen molar-refractivity contribution in [2.45, 2.75) is 12.3 Å². The number of rotatable bonds is 2. The summed E-state index contributed by atoms with van der Waals surface area (Å²) in [6.07, 6.45) is 0.113. The third-order valence-electron chi connectivity index (χ3n) is 4.21. The molecule has 120 valence electrons. The Kier molecular flexibility index (Phi) is 3.65. The quantitative estimate of drug-likeness (QED) is 0.685. The van der Waals surface area contributed by atoms with Crippen LogP contribution in [0.4, 0.5) is 14.5 Å². The molecule has 0 aliphatic carbocycles. The van der Waals surface area contributed by atoms with Gasteiger partial charge in [0.05, 0.1) is 5.69 Å². The first kappa shape index (κ1) is 15.0. The summed E-state index contributed by atoms with van der Waals surface area (Å²) in [5.41, 5.74) is 2.82. The molecule has 0 fully saturated rings. The van der Waals surface area contributed by atoms with Crippen molar-refractivity contribution in [1.29, 1.82) is 0 Å². The van der Waals surface area contributed by atoms with Gasteiger partial charge in [0.2, 0.25) is 5.91 Å². The minimum Gasteiger partial charge on any atom is -0.325 e. The summed E-state index contributed by atoms with van der Waals surface area (Å²) in [5.74, 6) is -1.64. The molecule has 4 rings (SSSR count). The minimum atomic E-state index is -0.501. The van der Waals surface area contributed by atoms with Crippen molar-refractivity contribution in [2.75, 3.05) is 5.32 Å². The smallest absolute Gasteiger partial charge is 0.225 e. The van der Waals surface area contributed by atoms with Crippen molar-refractivity contribution < 1.29 is 13.6 Å². The number of anilines is 1. The lowest BCUT2D eigenvalue weighted by Crippen LogP contribution is -2.23. The van der Waals surface area contributed by atoms with Crippen molar-refractivity contribution in [3.8, 4) is 11.1 Å². The van der Waals surface area contributed by atoms with Crippen LogP contribution in [0, 0.1) is 11.6 Å². The van der Waals surface area contributed by atoms with Crippen LogP contribution in [0.25, 0.3) is 11.1 Å². The topological polar surface area (TPSA) is 29.1 Å². The number of benzene rings is 2. The van der Waals surface area contributed by atoms with Gasteiger partial charge in [-0.15, -0.1) is 11.3 Å². The zero-order valence-electron chi connectivity index (χ0n) is 12.6. The molecule has 0 unspecified atom stereocenters. The highest BCUT2D eigenvalue weighted by Crippen LogP contribution is 2.47. The maximum atomic E-state index is 14.2. The van der Waals surface area contributed by atoms with Gasteiger partial charge in [0.1, 0.15) is 11.6 Å². The number of halogens is 2. The maximum Gasteiger partial charge on any atom is 0.225 e. The average Bonchev–Trinajstić information content (AvgIpc) is 3.01. The van der Waals surface area contributed by atoms with Crippen molar-refractivity contribution in [3.05, 3.63) is 76.0 Å². The minimum absolute atomic E-state index is 0.113. The van der Waals surface area contributed by atoms with Gasteiger partial charge in [-0.25, -0.2) is 8.78 Å². The van der Waals surface area contributed by atoms with E-state index >= 15 is 0 Å². The molecular weight excluding hydrogens is 328 g/mol. The molecule has 24 heavy (non-hydrogen) atoms. The largest absolute Gasteiger partial charge is 0.325 e. The Labute approximate surface area is 141 Å². The Morgan fingerprint density at radius 1 is 1.08 bits per heavy atom. The van der Waals surface area contributed by atoms with Gasteiger partial charge < -0.3 is 5.32 Å². The Hall–Kier alpha value is -2.53. The molecule has 1 atom stereocenters. The van der Waals surface area contributed by atoms with Gasteiger partial charge in [-0.05, 0) is 29.3 Å². The summed E-state index contributed by atoms with van der Waals surface area (Å²) >= 11 is 1.46. The predicted octanol–water partition coefficient (Wildman–Crippen LogP) is 5.17. The zero-order chi connectivity index (χ0) is 16.7. The molecule has 0 bridgehead atoms. The van der Waals surface area contributed by atoms with Crippen LogP contribution in [0.1, 0.15) is 22.8 Å². The molecule has 1 aliphatic heterocycles. The third kappa shape index (κ3) is 2.51. The molecule has 0 saturated carbocycles. The molecule has 1 aliphatic rings. The van der Waals surface area contributed by atoms with E-state index in [1.807, 2.05) is 35.7 Å². The molecule has 2 aromatic carbocycles. The summed E-state index contributed by atoms with van der Waals surface area (Å²) in [6.45, 7) is 0. The van der Waals surface area contributed by atoms with E-state index in [4.69, 9.17) is 0 Å². The van der Waals surface area contributed by atoms with Crippen LogP contribution in [0.2, 0.25) is 0 Å². The molecule has 1 N–H and O–H groups in total. The summed E-state index contributed by atoms with van der Waals surface area (Å²) < 4.78 is 27.8. The van der Waals surface area contributed by atoms with E-state index in [0.29, 0.717) is 5.69 Å². The number of hydrogen-bond donors (Lipinski definition) is 1. The van der Waals surface area contributed by atoms with Gasteiger partial charge in [0, 0.05) is 28.2 Å². The number of carbonyl (C=O) groups excluding carboxylic acids is 1. The van der Waals surface area contributed by atoms with Crippen LogP contribution >= 0.6 is 11.3 Å². The number of carbonyl (C=O) groups is 1. The number of thiophene rings is 1. The second-order valence-corrected chi connectivity index (χ2v) is 6.64. The summed E-state index contributed by atoms with van der Waals surface area (Å²) in [6, 6.07) is 13.1. The van der Waals surface area contributed by atoms with Crippen molar-refractivity contribution >= 4 is 22.9 Å². The fourth-order valence-electron chi connectivity index (χ4n) is 3.09. The fraction of sp³-hybridized carbons (Fsp3) is 0.105. The first-order chi connectivity index (χ1) is 11.6. The molecule has 0 spiro atoms. The van der Waals surface area contributed by atoms with Crippen LogP contribution in [-0.2, 0) is 4.79 Å². The van der Waals surface area contributed by atoms with Crippen LogP contribution < -0.4 is 5.32 Å². The van der Waals surface area contributed by atoms with Gasteiger partial charge >= 0.3 is 0 Å². The number of fused-ring (bicyclic) bond motifs is 1. The second kappa shape index (κ2) is 5.83. The second-order valence-electron chi connectivity index (χ2n) is 5.73. The molecule has 0 saturated heterocycles. The molecule has 2 heterocycles. The Morgan fingerprint density at radius 3 is 2.67 bits per heavy atom. The molecule has 1 amide bonds. The van der Waals surface area contributed by atoms with E-state index in [9.17, 15) is 13.6 Å². The van der Waals surface area contributed by atoms with Gasteiger partial charge in [0.15, 0.2) is 0 Å². The first-order valence-electron chi connectivity index (χ1n) is 7.55. The summed E-state index contributed by atoms with van der Waals surface area (Å²) in [7, 11) is 0. The van der Waals surface area contributed by atoms with Gasteiger partial charge in [0.25, 0.3) is 0 Å². The van der Waals surface area contributed by atoms with Crippen LogP contribution in [0.5, 0.6) is 0 Å².